The number of methoxy groups -OCH3 is 1. The quantitative estimate of drug-likeness (QED) is 0.549. The van der Waals surface area contributed by atoms with E-state index >= 15 is 0 Å². The van der Waals surface area contributed by atoms with E-state index in [9.17, 15) is 18.0 Å². The number of carbonyl (C=O) groups excluding carboxylic acids is 2. The van der Waals surface area contributed by atoms with Gasteiger partial charge in [0.15, 0.2) is 12.4 Å². The summed E-state index contributed by atoms with van der Waals surface area (Å²) in [4.78, 5) is 24.4. The number of amides is 1. The third-order valence-electron chi connectivity index (χ3n) is 4.50. The zero-order valence-electron chi connectivity index (χ0n) is 15.8. The molecule has 2 heterocycles. The second kappa shape index (κ2) is 7.64. The fourth-order valence-electron chi connectivity index (χ4n) is 2.98. The van der Waals surface area contributed by atoms with Crippen LogP contribution in [0.25, 0.3) is 11.3 Å². The molecule has 1 aliphatic heterocycles. The minimum atomic E-state index is -4.07. The Kier molecular flexibility index (Phi) is 5.00. The lowest BCUT2D eigenvalue weighted by Gasteiger charge is -2.13. The number of benzene rings is 2. The molecule has 154 valence electrons. The third-order valence-corrected chi connectivity index (χ3v) is 6.29. The maximum atomic E-state index is 12.5. The van der Waals surface area contributed by atoms with Crippen LogP contribution in [0.2, 0.25) is 0 Å². The summed E-state index contributed by atoms with van der Waals surface area (Å²) >= 11 is 0. The molecule has 2 aromatic carbocycles. The van der Waals surface area contributed by atoms with Crippen molar-refractivity contribution < 1.29 is 32.0 Å². The molecule has 9 nitrogen and oxygen atoms in total. The summed E-state index contributed by atoms with van der Waals surface area (Å²) in [7, 11) is -2.51. The molecule has 0 fully saturated rings. The Hall–Kier alpha value is -3.66. The van der Waals surface area contributed by atoms with Gasteiger partial charge in [-0.05, 0) is 36.4 Å². The Labute approximate surface area is 171 Å². The van der Waals surface area contributed by atoms with E-state index in [1.165, 1.54) is 18.2 Å². The molecule has 0 atom stereocenters. The van der Waals surface area contributed by atoms with Gasteiger partial charge in [-0.2, -0.15) is 0 Å². The molecular weight excluding hydrogens is 412 g/mol. The first-order valence-corrected chi connectivity index (χ1v) is 10.3. The molecule has 0 radical (unpaired) electrons. The van der Waals surface area contributed by atoms with Gasteiger partial charge in [-0.25, -0.2) is 12.7 Å². The monoisotopic (exact) mass is 428 g/mol. The number of nitrogens with zero attached hydrogens (tertiary/aromatic N) is 2. The molecule has 0 unspecified atom stereocenters. The fourth-order valence-corrected chi connectivity index (χ4v) is 4.49. The standard InChI is InChI=1S/C20H16N2O7S/c1-27-14-8-6-13(7-9-14)17-10-15(29-21-17)12-28-19(23)11-22-20(24)16-4-2-3-5-18(16)30(22,25)26/h2-10H,11-12H2,1H3. The van der Waals surface area contributed by atoms with E-state index in [1.54, 1.807) is 43.5 Å². The largest absolute Gasteiger partial charge is 0.497 e. The molecule has 0 saturated heterocycles. The van der Waals surface area contributed by atoms with Gasteiger partial charge >= 0.3 is 5.97 Å². The van der Waals surface area contributed by atoms with E-state index in [0.717, 1.165) is 5.56 Å². The van der Waals surface area contributed by atoms with Gasteiger partial charge in [0.25, 0.3) is 15.9 Å². The van der Waals surface area contributed by atoms with Crippen molar-refractivity contribution in [3.05, 3.63) is 65.9 Å². The number of carbonyl (C=O) groups is 2. The SMILES string of the molecule is COc1ccc(-c2cc(COC(=O)CN3C(=O)c4ccccc4S3(=O)=O)on2)cc1. The van der Waals surface area contributed by atoms with E-state index in [1.807, 2.05) is 0 Å². The number of aromatic nitrogens is 1. The second-order valence-electron chi connectivity index (χ2n) is 6.38. The predicted molar refractivity (Wildman–Crippen MR) is 103 cm³/mol. The molecule has 0 aliphatic carbocycles. The Morgan fingerprint density at radius 3 is 2.57 bits per heavy atom. The number of sulfonamides is 1. The van der Waals surface area contributed by atoms with Crippen LogP contribution in [0.5, 0.6) is 5.75 Å². The van der Waals surface area contributed by atoms with Crippen LogP contribution < -0.4 is 4.74 Å². The predicted octanol–water partition coefficient (Wildman–Crippen LogP) is 2.24. The van der Waals surface area contributed by atoms with Crippen molar-refractivity contribution in [1.29, 1.82) is 0 Å². The first-order chi connectivity index (χ1) is 14.4. The number of hydrogen-bond acceptors (Lipinski definition) is 8. The third kappa shape index (κ3) is 3.52. The van der Waals surface area contributed by atoms with Gasteiger partial charge in [0.2, 0.25) is 0 Å². The fraction of sp³-hybridized carbons (Fsp3) is 0.150. The maximum Gasteiger partial charge on any atom is 0.327 e. The molecule has 0 saturated carbocycles. The van der Waals surface area contributed by atoms with Crippen molar-refractivity contribution in [3.63, 3.8) is 0 Å². The Morgan fingerprint density at radius 1 is 1.13 bits per heavy atom. The average Bonchev–Trinajstić information content (AvgIpc) is 3.30. The topological polar surface area (TPSA) is 116 Å². The van der Waals surface area contributed by atoms with Crippen LogP contribution in [-0.4, -0.2) is 43.4 Å². The molecule has 10 heteroatoms. The highest BCUT2D eigenvalue weighted by Crippen LogP contribution is 2.29. The number of ether oxygens (including phenoxy) is 2. The molecular formula is C20H16N2O7S. The lowest BCUT2D eigenvalue weighted by molar-refractivity contribution is -0.145. The van der Waals surface area contributed by atoms with Crippen LogP contribution in [0.15, 0.2) is 64.0 Å². The molecule has 1 amide bonds. The molecule has 30 heavy (non-hydrogen) atoms. The smallest absolute Gasteiger partial charge is 0.327 e. The molecule has 1 aliphatic rings. The summed E-state index contributed by atoms with van der Waals surface area (Å²) < 4.78 is 40.8. The van der Waals surface area contributed by atoms with Gasteiger partial charge in [0, 0.05) is 11.6 Å². The first-order valence-electron chi connectivity index (χ1n) is 8.82. The summed E-state index contributed by atoms with van der Waals surface area (Å²) in [5.74, 6) is -0.677. The first kappa shape index (κ1) is 19.6. The number of hydrogen-bond donors (Lipinski definition) is 0. The van der Waals surface area contributed by atoms with Gasteiger partial charge in [-0.15, -0.1) is 0 Å². The van der Waals surface area contributed by atoms with Crippen LogP contribution in [0.4, 0.5) is 0 Å². The summed E-state index contributed by atoms with van der Waals surface area (Å²) in [6, 6.07) is 14.5. The Morgan fingerprint density at radius 2 is 1.87 bits per heavy atom. The van der Waals surface area contributed by atoms with Crippen LogP contribution in [0.3, 0.4) is 0 Å². The van der Waals surface area contributed by atoms with Gasteiger partial charge in [-0.1, -0.05) is 17.3 Å². The second-order valence-corrected chi connectivity index (χ2v) is 8.21. The van der Waals surface area contributed by atoms with Gasteiger partial charge in [-0.3, -0.25) is 9.59 Å². The normalized spacial score (nSPS) is 14.4. The highest BCUT2D eigenvalue weighted by molar-refractivity contribution is 7.90. The minimum Gasteiger partial charge on any atom is -0.497 e. The van der Waals surface area contributed by atoms with Gasteiger partial charge < -0.3 is 14.0 Å². The van der Waals surface area contributed by atoms with Crippen molar-refractivity contribution in [2.75, 3.05) is 13.7 Å². The zero-order valence-corrected chi connectivity index (χ0v) is 16.6. The zero-order chi connectivity index (χ0) is 21.3. The van der Waals surface area contributed by atoms with Crippen molar-refractivity contribution >= 4 is 21.9 Å². The van der Waals surface area contributed by atoms with Gasteiger partial charge in [0.1, 0.15) is 22.9 Å². The van der Waals surface area contributed by atoms with Crippen LogP contribution in [0.1, 0.15) is 16.1 Å². The molecule has 0 bridgehead atoms. The lowest BCUT2D eigenvalue weighted by atomic mass is 10.1. The average molecular weight is 428 g/mol. The van der Waals surface area contributed by atoms with Crippen molar-refractivity contribution in [1.82, 2.24) is 9.46 Å². The lowest BCUT2D eigenvalue weighted by Crippen LogP contribution is -2.35. The van der Waals surface area contributed by atoms with Crippen LogP contribution in [0, 0.1) is 0 Å². The maximum absolute atomic E-state index is 12.5. The summed E-state index contributed by atoms with van der Waals surface area (Å²) in [6.07, 6.45) is 0. The summed E-state index contributed by atoms with van der Waals surface area (Å²) in [6.45, 7) is -0.980. The molecule has 1 aromatic heterocycles. The van der Waals surface area contributed by atoms with Gasteiger partial charge in [0.05, 0.1) is 12.7 Å². The van der Waals surface area contributed by atoms with Crippen molar-refractivity contribution in [2.24, 2.45) is 0 Å². The molecule has 0 spiro atoms. The molecule has 0 N–H and O–H groups in total. The van der Waals surface area contributed by atoms with E-state index in [-0.39, 0.29) is 22.8 Å². The van der Waals surface area contributed by atoms with Crippen molar-refractivity contribution in [3.8, 4) is 17.0 Å². The van der Waals surface area contributed by atoms with Crippen molar-refractivity contribution in [2.45, 2.75) is 11.5 Å². The van der Waals surface area contributed by atoms with Crippen LogP contribution >= 0.6 is 0 Å². The Balaban J connectivity index is 1.39. The van der Waals surface area contributed by atoms with E-state index in [0.29, 0.717) is 15.7 Å². The van der Waals surface area contributed by atoms with E-state index in [4.69, 9.17) is 14.0 Å². The van der Waals surface area contributed by atoms with E-state index in [2.05, 4.69) is 5.16 Å². The minimum absolute atomic E-state index is 0.0321. The molecule has 4 rings (SSSR count). The molecule has 3 aromatic rings. The number of rotatable bonds is 6. The highest BCUT2D eigenvalue weighted by atomic mass is 32.2. The van der Waals surface area contributed by atoms with Crippen LogP contribution in [-0.2, 0) is 26.2 Å². The van der Waals surface area contributed by atoms with E-state index < -0.39 is 28.4 Å². The number of esters is 1. The number of fused-ring (bicyclic) bond motifs is 1. The summed E-state index contributed by atoms with van der Waals surface area (Å²) in [5.41, 5.74) is 1.35. The Bertz CT molecular complexity index is 1220. The highest BCUT2D eigenvalue weighted by Gasteiger charge is 2.42. The summed E-state index contributed by atoms with van der Waals surface area (Å²) in [5, 5.41) is 3.92.